The number of anilines is 1. The molecule has 1 amide bonds. The van der Waals surface area contributed by atoms with E-state index in [9.17, 15) is 9.59 Å². The lowest BCUT2D eigenvalue weighted by atomic mass is 10.1. The van der Waals surface area contributed by atoms with E-state index < -0.39 is 18.4 Å². The van der Waals surface area contributed by atoms with Crippen LogP contribution in [0.5, 0.6) is 0 Å². The number of carbonyl (C=O) groups excluding carboxylic acids is 2. The van der Waals surface area contributed by atoms with Crippen LogP contribution in [0.1, 0.15) is 6.92 Å². The first-order chi connectivity index (χ1) is 10.1. The average molecular weight is 283 g/mol. The van der Waals surface area contributed by atoms with Crippen LogP contribution >= 0.6 is 0 Å². The first-order valence-electron chi connectivity index (χ1n) is 6.48. The Morgan fingerprint density at radius 1 is 1.19 bits per heavy atom. The first-order valence-corrected chi connectivity index (χ1v) is 6.48. The lowest BCUT2D eigenvalue weighted by Gasteiger charge is -2.12. The number of nitrogens with one attached hydrogen (secondary N) is 1. The molecule has 106 valence electrons. The van der Waals surface area contributed by atoms with Gasteiger partial charge in [0.2, 0.25) is 0 Å². The Morgan fingerprint density at radius 2 is 1.95 bits per heavy atom. The molecule has 0 aliphatic carbocycles. The minimum atomic E-state index is -0.965. The molecule has 1 aliphatic heterocycles. The van der Waals surface area contributed by atoms with Gasteiger partial charge in [0.05, 0.1) is 5.69 Å². The van der Waals surface area contributed by atoms with Crippen molar-refractivity contribution in [2.24, 2.45) is 0 Å². The SMILES string of the molecule is CC1=CC(OC(=O)Nc2cccc3ccccc23)OC1=O. The molecule has 1 heterocycles. The Labute approximate surface area is 121 Å². The van der Waals surface area contributed by atoms with Crippen LogP contribution < -0.4 is 5.32 Å². The lowest BCUT2D eigenvalue weighted by Crippen LogP contribution is -2.22. The molecule has 2 aromatic rings. The van der Waals surface area contributed by atoms with Gasteiger partial charge in [0, 0.05) is 17.0 Å². The Balaban J connectivity index is 1.74. The van der Waals surface area contributed by atoms with E-state index in [1.165, 1.54) is 6.08 Å². The third-order valence-electron chi connectivity index (χ3n) is 3.18. The molecule has 0 spiro atoms. The van der Waals surface area contributed by atoms with Gasteiger partial charge in [-0.15, -0.1) is 0 Å². The van der Waals surface area contributed by atoms with E-state index >= 15 is 0 Å². The van der Waals surface area contributed by atoms with Crippen molar-refractivity contribution in [1.29, 1.82) is 0 Å². The Morgan fingerprint density at radius 3 is 2.71 bits per heavy atom. The zero-order valence-electron chi connectivity index (χ0n) is 11.3. The van der Waals surface area contributed by atoms with E-state index in [-0.39, 0.29) is 0 Å². The van der Waals surface area contributed by atoms with Crippen LogP contribution in [0.25, 0.3) is 10.8 Å². The van der Waals surface area contributed by atoms with E-state index in [0.717, 1.165) is 10.8 Å². The molecule has 1 atom stereocenters. The van der Waals surface area contributed by atoms with Gasteiger partial charge in [-0.2, -0.15) is 0 Å². The van der Waals surface area contributed by atoms with Crippen LogP contribution in [-0.2, 0) is 14.3 Å². The zero-order chi connectivity index (χ0) is 14.8. The summed E-state index contributed by atoms with van der Waals surface area (Å²) in [6.07, 6.45) is -0.173. The molecule has 0 fully saturated rings. The molecular formula is C16H13NO4. The minimum absolute atomic E-state index is 0.429. The highest BCUT2D eigenvalue weighted by atomic mass is 16.7. The Hall–Kier alpha value is -2.82. The van der Waals surface area contributed by atoms with Crippen molar-refractivity contribution in [1.82, 2.24) is 0 Å². The summed E-state index contributed by atoms with van der Waals surface area (Å²) in [4.78, 5) is 23.1. The van der Waals surface area contributed by atoms with E-state index in [2.05, 4.69) is 5.32 Å². The fourth-order valence-corrected chi connectivity index (χ4v) is 2.14. The van der Waals surface area contributed by atoms with Crippen LogP contribution in [0.2, 0.25) is 0 Å². The molecular weight excluding hydrogens is 270 g/mol. The van der Waals surface area contributed by atoms with E-state index in [1.807, 2.05) is 36.4 Å². The van der Waals surface area contributed by atoms with Crippen molar-refractivity contribution in [3.63, 3.8) is 0 Å². The molecule has 0 aromatic heterocycles. The minimum Gasteiger partial charge on any atom is -0.418 e. The van der Waals surface area contributed by atoms with Crippen molar-refractivity contribution in [3.8, 4) is 0 Å². The smallest absolute Gasteiger partial charge is 0.414 e. The number of benzene rings is 2. The summed E-state index contributed by atoms with van der Waals surface area (Å²) in [5, 5.41) is 4.58. The number of esters is 1. The number of amides is 1. The second kappa shape index (κ2) is 5.28. The second-order valence-electron chi connectivity index (χ2n) is 4.68. The molecule has 0 saturated heterocycles. The van der Waals surface area contributed by atoms with Crippen LogP contribution in [-0.4, -0.2) is 18.4 Å². The van der Waals surface area contributed by atoms with E-state index in [1.54, 1.807) is 13.0 Å². The van der Waals surface area contributed by atoms with Gasteiger partial charge in [-0.1, -0.05) is 36.4 Å². The predicted octanol–water partition coefficient (Wildman–Crippen LogP) is 3.22. The maximum absolute atomic E-state index is 11.9. The summed E-state index contributed by atoms with van der Waals surface area (Å²) in [6.45, 7) is 1.61. The molecule has 21 heavy (non-hydrogen) atoms. The monoisotopic (exact) mass is 283 g/mol. The van der Waals surface area contributed by atoms with Gasteiger partial charge in [-0.3, -0.25) is 5.32 Å². The Kier molecular flexibility index (Phi) is 3.31. The molecule has 3 rings (SSSR count). The van der Waals surface area contributed by atoms with Gasteiger partial charge in [0.15, 0.2) is 0 Å². The number of carbonyl (C=O) groups is 2. The van der Waals surface area contributed by atoms with Gasteiger partial charge in [-0.05, 0) is 18.4 Å². The summed E-state index contributed by atoms with van der Waals surface area (Å²) in [6, 6.07) is 13.3. The number of rotatable bonds is 2. The van der Waals surface area contributed by atoms with Crippen molar-refractivity contribution < 1.29 is 19.1 Å². The first kappa shape index (κ1) is 13.2. The summed E-state index contributed by atoms with van der Waals surface area (Å²) >= 11 is 0. The molecule has 5 nitrogen and oxygen atoms in total. The highest BCUT2D eigenvalue weighted by Gasteiger charge is 2.25. The van der Waals surface area contributed by atoms with Gasteiger partial charge in [0.1, 0.15) is 0 Å². The molecule has 0 bridgehead atoms. The number of cyclic esters (lactones) is 1. The highest BCUT2D eigenvalue weighted by molar-refractivity contribution is 6.00. The molecule has 1 N–H and O–H groups in total. The summed E-state index contributed by atoms with van der Waals surface area (Å²) in [5.74, 6) is -0.474. The fourth-order valence-electron chi connectivity index (χ4n) is 2.14. The molecule has 0 saturated carbocycles. The standard InChI is InChI=1S/C16H13NO4/c1-10-9-14(20-15(10)18)21-16(19)17-13-8-4-6-11-5-2-3-7-12(11)13/h2-9,14H,1H3,(H,17,19). The predicted molar refractivity (Wildman–Crippen MR) is 77.7 cm³/mol. The normalized spacial score (nSPS) is 17.3. The second-order valence-corrected chi connectivity index (χ2v) is 4.68. The maximum atomic E-state index is 11.9. The molecule has 2 aromatic carbocycles. The van der Waals surface area contributed by atoms with Crippen molar-refractivity contribution in [2.45, 2.75) is 13.2 Å². The largest absolute Gasteiger partial charge is 0.418 e. The molecule has 1 aliphatic rings. The number of ether oxygens (including phenoxy) is 2. The van der Waals surface area contributed by atoms with Crippen LogP contribution in [0, 0.1) is 0 Å². The molecule has 5 heteroatoms. The number of fused-ring (bicyclic) bond motifs is 1. The highest BCUT2D eigenvalue weighted by Crippen LogP contribution is 2.23. The molecule has 1 unspecified atom stereocenters. The number of hydrogen-bond acceptors (Lipinski definition) is 4. The number of hydrogen-bond donors (Lipinski definition) is 1. The van der Waals surface area contributed by atoms with Gasteiger partial charge in [0.25, 0.3) is 6.29 Å². The summed E-state index contributed by atoms with van der Waals surface area (Å²) < 4.78 is 9.89. The van der Waals surface area contributed by atoms with E-state index in [0.29, 0.717) is 11.3 Å². The van der Waals surface area contributed by atoms with Gasteiger partial charge in [-0.25, -0.2) is 9.59 Å². The van der Waals surface area contributed by atoms with Crippen LogP contribution in [0.4, 0.5) is 10.5 Å². The van der Waals surface area contributed by atoms with Crippen molar-refractivity contribution in [2.75, 3.05) is 5.32 Å². The summed E-state index contributed by atoms with van der Waals surface area (Å²) in [7, 11) is 0. The van der Waals surface area contributed by atoms with E-state index in [4.69, 9.17) is 9.47 Å². The topological polar surface area (TPSA) is 64.6 Å². The van der Waals surface area contributed by atoms with Crippen LogP contribution in [0.15, 0.2) is 54.1 Å². The van der Waals surface area contributed by atoms with Crippen molar-refractivity contribution in [3.05, 3.63) is 54.1 Å². The third-order valence-corrected chi connectivity index (χ3v) is 3.18. The summed E-state index contributed by atoms with van der Waals surface area (Å²) in [5.41, 5.74) is 1.07. The quantitative estimate of drug-likeness (QED) is 0.859. The van der Waals surface area contributed by atoms with Gasteiger partial charge >= 0.3 is 12.1 Å². The van der Waals surface area contributed by atoms with Gasteiger partial charge < -0.3 is 9.47 Å². The average Bonchev–Trinajstić information content (AvgIpc) is 2.77. The lowest BCUT2D eigenvalue weighted by molar-refractivity contribution is -0.150. The fraction of sp³-hybridized carbons (Fsp3) is 0.125. The van der Waals surface area contributed by atoms with Crippen molar-refractivity contribution >= 4 is 28.5 Å². The zero-order valence-corrected chi connectivity index (χ0v) is 11.3. The maximum Gasteiger partial charge on any atom is 0.414 e. The molecule has 0 radical (unpaired) electrons. The van der Waals surface area contributed by atoms with Crippen LogP contribution in [0.3, 0.4) is 0 Å². The Bertz CT molecular complexity index is 746. The third kappa shape index (κ3) is 2.72.